The average Bonchev–Trinajstić information content (AvgIpc) is 2.45. The zero-order valence-corrected chi connectivity index (χ0v) is 11.0. The summed E-state index contributed by atoms with van der Waals surface area (Å²) < 4.78 is 45.5. The van der Waals surface area contributed by atoms with E-state index in [0.717, 1.165) is 6.07 Å². The van der Waals surface area contributed by atoms with Crippen LogP contribution in [0.4, 0.5) is 13.2 Å². The molecule has 0 unspecified atom stereocenters. The molecule has 0 aliphatic carbocycles. The van der Waals surface area contributed by atoms with Crippen LogP contribution in [-0.2, 0) is 0 Å². The summed E-state index contributed by atoms with van der Waals surface area (Å²) in [7, 11) is 0. The van der Waals surface area contributed by atoms with Gasteiger partial charge in [-0.05, 0) is 37.3 Å². The highest BCUT2D eigenvalue weighted by Gasteiger charge is 2.12. The fourth-order valence-corrected chi connectivity index (χ4v) is 2.01. The number of pyridine rings is 1. The summed E-state index contributed by atoms with van der Waals surface area (Å²) in [6.45, 7) is 1.61. The Bertz CT molecular complexity index is 833. The van der Waals surface area contributed by atoms with Crippen LogP contribution in [0.25, 0.3) is 10.9 Å². The molecule has 21 heavy (non-hydrogen) atoms. The first-order valence-electron chi connectivity index (χ1n) is 6.23. The summed E-state index contributed by atoms with van der Waals surface area (Å²) in [4.78, 5) is 4.02. The number of ether oxygens (including phenoxy) is 1. The topological polar surface area (TPSA) is 22.1 Å². The van der Waals surface area contributed by atoms with Crippen LogP contribution in [-0.4, -0.2) is 4.98 Å². The van der Waals surface area contributed by atoms with Crippen LogP contribution in [0.2, 0.25) is 0 Å². The summed E-state index contributed by atoms with van der Waals surface area (Å²) in [5.41, 5.74) is 0.329. The van der Waals surface area contributed by atoms with Gasteiger partial charge in [0.1, 0.15) is 22.8 Å². The van der Waals surface area contributed by atoms with Gasteiger partial charge in [0.25, 0.3) is 0 Å². The van der Waals surface area contributed by atoms with Gasteiger partial charge in [0.15, 0.2) is 11.6 Å². The van der Waals surface area contributed by atoms with Crippen molar-refractivity contribution in [3.05, 3.63) is 65.6 Å². The fourth-order valence-electron chi connectivity index (χ4n) is 2.01. The van der Waals surface area contributed by atoms with E-state index >= 15 is 0 Å². The highest BCUT2D eigenvalue weighted by molar-refractivity contribution is 5.81. The largest absolute Gasteiger partial charge is 0.455 e. The summed E-state index contributed by atoms with van der Waals surface area (Å²) in [6.07, 6.45) is 0. The summed E-state index contributed by atoms with van der Waals surface area (Å²) >= 11 is 0. The minimum absolute atomic E-state index is 0.0564. The van der Waals surface area contributed by atoms with E-state index in [1.54, 1.807) is 19.1 Å². The maximum absolute atomic E-state index is 13.7. The maximum atomic E-state index is 13.7. The van der Waals surface area contributed by atoms with Crippen molar-refractivity contribution in [2.45, 2.75) is 6.92 Å². The molecule has 0 atom stereocenters. The molecule has 0 fully saturated rings. The number of nitrogens with zero attached hydrogens (tertiary/aromatic N) is 1. The van der Waals surface area contributed by atoms with Gasteiger partial charge in [0, 0.05) is 11.5 Å². The number of rotatable bonds is 2. The van der Waals surface area contributed by atoms with Crippen molar-refractivity contribution in [1.82, 2.24) is 4.98 Å². The number of aromatic nitrogens is 1. The normalized spacial score (nSPS) is 10.9. The van der Waals surface area contributed by atoms with Crippen molar-refractivity contribution < 1.29 is 17.9 Å². The maximum Gasteiger partial charge on any atom is 0.184 e. The molecule has 0 radical (unpaired) electrons. The van der Waals surface area contributed by atoms with E-state index < -0.39 is 17.5 Å². The minimum atomic E-state index is -0.993. The molecule has 5 heteroatoms. The second-order valence-electron chi connectivity index (χ2n) is 4.56. The molecule has 0 bridgehead atoms. The molecule has 3 rings (SSSR count). The zero-order chi connectivity index (χ0) is 15.0. The van der Waals surface area contributed by atoms with Crippen LogP contribution in [0.15, 0.2) is 42.5 Å². The number of benzene rings is 2. The van der Waals surface area contributed by atoms with Crippen LogP contribution in [0.5, 0.6) is 11.5 Å². The highest BCUT2D eigenvalue weighted by atomic mass is 19.2. The first-order valence-corrected chi connectivity index (χ1v) is 6.23. The number of halogens is 3. The molecular formula is C16H10F3NO. The van der Waals surface area contributed by atoms with Gasteiger partial charge in [-0.25, -0.2) is 18.2 Å². The van der Waals surface area contributed by atoms with E-state index in [1.165, 1.54) is 24.3 Å². The lowest BCUT2D eigenvalue weighted by molar-refractivity contribution is 0.470. The van der Waals surface area contributed by atoms with Crippen LogP contribution in [0, 0.1) is 24.4 Å². The Labute approximate surface area is 118 Å². The van der Waals surface area contributed by atoms with Gasteiger partial charge in [0.05, 0.1) is 5.69 Å². The molecule has 106 valence electrons. The Morgan fingerprint density at radius 2 is 1.81 bits per heavy atom. The Kier molecular flexibility index (Phi) is 3.25. The van der Waals surface area contributed by atoms with Crippen LogP contribution < -0.4 is 4.74 Å². The number of hydrogen-bond donors (Lipinski definition) is 0. The Morgan fingerprint density at radius 1 is 1.00 bits per heavy atom. The second kappa shape index (κ2) is 5.09. The number of hydrogen-bond acceptors (Lipinski definition) is 2. The van der Waals surface area contributed by atoms with Crippen LogP contribution in [0.3, 0.4) is 0 Å². The Morgan fingerprint density at radius 3 is 2.57 bits per heavy atom. The molecule has 0 saturated carbocycles. The van der Waals surface area contributed by atoms with Crippen molar-refractivity contribution in [1.29, 1.82) is 0 Å². The third kappa shape index (κ3) is 2.54. The molecule has 0 amide bonds. The Balaban J connectivity index is 2.07. The van der Waals surface area contributed by atoms with E-state index in [0.29, 0.717) is 22.6 Å². The van der Waals surface area contributed by atoms with E-state index in [9.17, 15) is 13.2 Å². The first kappa shape index (κ1) is 13.4. The summed E-state index contributed by atoms with van der Waals surface area (Å²) in [5.74, 6) is -1.70. The average molecular weight is 289 g/mol. The van der Waals surface area contributed by atoms with Crippen LogP contribution >= 0.6 is 0 Å². The molecule has 0 aliphatic rings. The minimum Gasteiger partial charge on any atom is -0.455 e. The Hall–Kier alpha value is -2.56. The van der Waals surface area contributed by atoms with E-state index in [2.05, 4.69) is 4.98 Å². The van der Waals surface area contributed by atoms with Gasteiger partial charge in [-0.15, -0.1) is 0 Å². The number of aryl methyl sites for hydroxylation is 1. The molecular weight excluding hydrogens is 279 g/mol. The SMILES string of the molecule is Cc1nc2c(F)c(F)ccc2cc1Oc1cccc(F)c1. The van der Waals surface area contributed by atoms with Crippen molar-refractivity contribution >= 4 is 10.9 Å². The standard InChI is InChI=1S/C16H10F3NO/c1-9-14(21-12-4-2-3-11(17)8-12)7-10-5-6-13(18)15(19)16(10)20-9/h2-8H,1H3. The van der Waals surface area contributed by atoms with Crippen molar-refractivity contribution in [3.8, 4) is 11.5 Å². The quantitative estimate of drug-likeness (QED) is 0.679. The van der Waals surface area contributed by atoms with Gasteiger partial charge >= 0.3 is 0 Å². The van der Waals surface area contributed by atoms with E-state index in [1.807, 2.05) is 0 Å². The monoisotopic (exact) mass is 289 g/mol. The molecule has 0 saturated heterocycles. The van der Waals surface area contributed by atoms with E-state index in [-0.39, 0.29) is 5.52 Å². The molecule has 1 heterocycles. The summed E-state index contributed by atoms with van der Waals surface area (Å²) in [5, 5.41) is 0.408. The van der Waals surface area contributed by atoms with Gasteiger partial charge in [-0.2, -0.15) is 0 Å². The molecule has 3 aromatic rings. The lowest BCUT2D eigenvalue weighted by atomic mass is 10.2. The molecule has 2 aromatic carbocycles. The van der Waals surface area contributed by atoms with Gasteiger partial charge < -0.3 is 4.74 Å². The third-order valence-corrected chi connectivity index (χ3v) is 3.05. The van der Waals surface area contributed by atoms with Gasteiger partial charge in [0.2, 0.25) is 0 Å². The number of fused-ring (bicyclic) bond motifs is 1. The lowest BCUT2D eigenvalue weighted by Crippen LogP contribution is -1.95. The molecule has 0 N–H and O–H groups in total. The van der Waals surface area contributed by atoms with Crippen molar-refractivity contribution in [3.63, 3.8) is 0 Å². The highest BCUT2D eigenvalue weighted by Crippen LogP contribution is 2.29. The third-order valence-electron chi connectivity index (χ3n) is 3.05. The predicted octanol–water partition coefficient (Wildman–Crippen LogP) is 4.75. The van der Waals surface area contributed by atoms with Crippen molar-refractivity contribution in [2.75, 3.05) is 0 Å². The molecule has 1 aromatic heterocycles. The fraction of sp³-hybridized carbons (Fsp3) is 0.0625. The summed E-state index contributed by atoms with van der Waals surface area (Å²) in [6, 6.07) is 9.64. The first-order chi connectivity index (χ1) is 10.0. The van der Waals surface area contributed by atoms with E-state index in [4.69, 9.17) is 4.74 Å². The smallest absolute Gasteiger partial charge is 0.184 e. The van der Waals surface area contributed by atoms with Crippen molar-refractivity contribution in [2.24, 2.45) is 0 Å². The molecule has 2 nitrogen and oxygen atoms in total. The predicted molar refractivity (Wildman–Crippen MR) is 72.9 cm³/mol. The second-order valence-corrected chi connectivity index (χ2v) is 4.56. The molecule has 0 spiro atoms. The van der Waals surface area contributed by atoms with Gasteiger partial charge in [-0.1, -0.05) is 6.07 Å². The zero-order valence-electron chi connectivity index (χ0n) is 11.0. The van der Waals surface area contributed by atoms with Gasteiger partial charge in [-0.3, -0.25) is 0 Å². The van der Waals surface area contributed by atoms with Crippen LogP contribution in [0.1, 0.15) is 5.69 Å². The lowest BCUT2D eigenvalue weighted by Gasteiger charge is -2.10. The molecule has 0 aliphatic heterocycles.